The third kappa shape index (κ3) is 2.67. The predicted molar refractivity (Wildman–Crippen MR) is 78.2 cm³/mol. The smallest absolute Gasteiger partial charge is 0.154 e. The van der Waals surface area contributed by atoms with Crippen LogP contribution in [-0.2, 0) is 18.3 Å². The predicted octanol–water partition coefficient (Wildman–Crippen LogP) is -0.221. The van der Waals surface area contributed by atoms with Crippen LogP contribution in [0, 0.1) is 0 Å². The molecule has 3 aliphatic rings. The van der Waals surface area contributed by atoms with Crippen molar-refractivity contribution in [2.75, 3.05) is 19.7 Å². The Morgan fingerprint density at radius 2 is 2.14 bits per heavy atom. The molecule has 0 bridgehead atoms. The second kappa shape index (κ2) is 5.26. The molecule has 0 aromatic carbocycles. The van der Waals surface area contributed by atoms with E-state index in [1.54, 1.807) is 0 Å². The molecule has 7 nitrogen and oxygen atoms in total. The summed E-state index contributed by atoms with van der Waals surface area (Å²) in [6.07, 6.45) is 2.40. The van der Waals surface area contributed by atoms with Crippen LogP contribution in [0.4, 0.5) is 0 Å². The summed E-state index contributed by atoms with van der Waals surface area (Å²) in [5.74, 6) is 2.55. The Labute approximate surface area is 129 Å². The molecular formula is C15H24N4O3. The van der Waals surface area contributed by atoms with Gasteiger partial charge in [0.15, 0.2) is 5.82 Å². The minimum atomic E-state index is -0.750. The second-order valence-corrected chi connectivity index (χ2v) is 7.08. The summed E-state index contributed by atoms with van der Waals surface area (Å²) in [5, 5.41) is 24.0. The number of nitrogens with zero attached hydrogens (tertiary/aromatic N) is 4. The van der Waals surface area contributed by atoms with Crippen LogP contribution in [0.15, 0.2) is 0 Å². The molecule has 3 fully saturated rings. The van der Waals surface area contributed by atoms with Gasteiger partial charge in [0.05, 0.1) is 24.9 Å². The lowest BCUT2D eigenvalue weighted by atomic mass is 9.90. The summed E-state index contributed by atoms with van der Waals surface area (Å²) in [7, 11) is 1.96. The molecule has 1 spiro atoms. The molecule has 0 radical (unpaired) electrons. The van der Waals surface area contributed by atoms with Gasteiger partial charge in [0.2, 0.25) is 0 Å². The van der Waals surface area contributed by atoms with Crippen molar-refractivity contribution in [3.63, 3.8) is 0 Å². The van der Waals surface area contributed by atoms with Crippen LogP contribution in [0.1, 0.15) is 43.3 Å². The summed E-state index contributed by atoms with van der Waals surface area (Å²) in [6, 6.07) is 0. The molecule has 3 atom stereocenters. The standard InChI is InChI=1S/C15H24N4O3/c1-18-13(16-14(17-18)10-2-3-10)7-19-5-4-15(9-19)6-11(20)12(21)8-22-15/h10-12,20-21H,2-9H2,1H3/t11-,12+,15?/m1/s1. The number of aliphatic hydroxyl groups is 2. The van der Waals surface area contributed by atoms with Crippen molar-refractivity contribution in [1.29, 1.82) is 0 Å². The van der Waals surface area contributed by atoms with Crippen LogP contribution < -0.4 is 0 Å². The first kappa shape index (κ1) is 14.6. The molecule has 3 heterocycles. The van der Waals surface area contributed by atoms with Gasteiger partial charge in [0, 0.05) is 32.5 Å². The number of aliphatic hydroxyl groups excluding tert-OH is 2. The number of aryl methyl sites for hydroxylation is 1. The Hall–Kier alpha value is -1.02. The van der Waals surface area contributed by atoms with Crippen molar-refractivity contribution >= 4 is 0 Å². The maximum atomic E-state index is 9.92. The van der Waals surface area contributed by atoms with E-state index in [0.29, 0.717) is 12.3 Å². The number of likely N-dealkylation sites (tertiary alicyclic amines) is 1. The first-order valence-corrected chi connectivity index (χ1v) is 8.17. The maximum absolute atomic E-state index is 9.92. The lowest BCUT2D eigenvalue weighted by Crippen LogP contribution is -2.50. The molecule has 2 aliphatic heterocycles. The normalized spacial score (nSPS) is 36.3. The maximum Gasteiger partial charge on any atom is 0.154 e. The first-order chi connectivity index (χ1) is 10.5. The third-order valence-electron chi connectivity index (χ3n) is 5.16. The van der Waals surface area contributed by atoms with E-state index in [1.807, 2.05) is 11.7 Å². The van der Waals surface area contributed by atoms with Gasteiger partial charge < -0.3 is 14.9 Å². The van der Waals surface area contributed by atoms with Gasteiger partial charge in [-0.1, -0.05) is 0 Å². The lowest BCUT2D eigenvalue weighted by Gasteiger charge is -2.38. The highest BCUT2D eigenvalue weighted by atomic mass is 16.5. The second-order valence-electron chi connectivity index (χ2n) is 7.08. The van der Waals surface area contributed by atoms with Gasteiger partial charge in [-0.25, -0.2) is 4.98 Å². The molecule has 1 aromatic rings. The first-order valence-electron chi connectivity index (χ1n) is 8.17. The third-order valence-corrected chi connectivity index (χ3v) is 5.16. The molecule has 0 amide bonds. The summed E-state index contributed by atoms with van der Waals surface area (Å²) >= 11 is 0. The number of hydrogen-bond donors (Lipinski definition) is 2. The van der Waals surface area contributed by atoms with E-state index in [-0.39, 0.29) is 12.2 Å². The van der Waals surface area contributed by atoms with Gasteiger partial charge in [-0.05, 0) is 19.3 Å². The Morgan fingerprint density at radius 1 is 1.32 bits per heavy atom. The van der Waals surface area contributed by atoms with Crippen LogP contribution >= 0.6 is 0 Å². The van der Waals surface area contributed by atoms with Crippen molar-refractivity contribution in [1.82, 2.24) is 19.7 Å². The molecule has 2 N–H and O–H groups in total. The minimum absolute atomic E-state index is 0.227. The van der Waals surface area contributed by atoms with Gasteiger partial charge in [-0.3, -0.25) is 9.58 Å². The highest BCUT2D eigenvalue weighted by Crippen LogP contribution is 2.38. The molecule has 1 aliphatic carbocycles. The van der Waals surface area contributed by atoms with Crippen molar-refractivity contribution in [3.8, 4) is 0 Å². The molecule has 7 heteroatoms. The molecule has 1 unspecified atom stereocenters. The van der Waals surface area contributed by atoms with Gasteiger partial charge in [0.25, 0.3) is 0 Å². The molecular weight excluding hydrogens is 284 g/mol. The number of hydrogen-bond acceptors (Lipinski definition) is 6. The lowest BCUT2D eigenvalue weighted by molar-refractivity contribution is -0.166. The summed E-state index contributed by atoms with van der Waals surface area (Å²) < 4.78 is 7.75. The SMILES string of the molecule is Cn1nc(C2CC2)nc1CN1CCC2(C[C@@H](O)[C@@H](O)CO2)C1. The zero-order chi connectivity index (χ0) is 15.3. The fourth-order valence-corrected chi connectivity index (χ4v) is 3.59. The fourth-order valence-electron chi connectivity index (χ4n) is 3.59. The topological polar surface area (TPSA) is 83.6 Å². The summed E-state index contributed by atoms with van der Waals surface area (Å²) in [5.41, 5.74) is -0.309. The van der Waals surface area contributed by atoms with E-state index in [2.05, 4.69) is 15.0 Å². The summed E-state index contributed by atoms with van der Waals surface area (Å²) in [6.45, 7) is 2.70. The molecule has 2 saturated heterocycles. The monoisotopic (exact) mass is 308 g/mol. The van der Waals surface area contributed by atoms with E-state index < -0.39 is 12.2 Å². The van der Waals surface area contributed by atoms with Gasteiger partial charge >= 0.3 is 0 Å². The van der Waals surface area contributed by atoms with E-state index in [9.17, 15) is 10.2 Å². The fraction of sp³-hybridized carbons (Fsp3) is 0.867. The molecule has 1 aromatic heterocycles. The molecule has 122 valence electrons. The van der Waals surface area contributed by atoms with Crippen molar-refractivity contribution in [3.05, 3.63) is 11.6 Å². The van der Waals surface area contributed by atoms with E-state index in [4.69, 9.17) is 4.74 Å². The van der Waals surface area contributed by atoms with Gasteiger partial charge in [-0.2, -0.15) is 5.10 Å². The Kier molecular flexibility index (Phi) is 3.48. The van der Waals surface area contributed by atoms with Crippen molar-refractivity contribution in [2.24, 2.45) is 7.05 Å². The highest BCUT2D eigenvalue weighted by Gasteiger charge is 2.45. The van der Waals surface area contributed by atoms with Gasteiger partial charge in [-0.15, -0.1) is 0 Å². The zero-order valence-corrected chi connectivity index (χ0v) is 13.0. The minimum Gasteiger partial charge on any atom is -0.390 e. The molecule has 4 rings (SSSR count). The Balaban J connectivity index is 1.40. The van der Waals surface area contributed by atoms with Crippen LogP contribution in [0.5, 0.6) is 0 Å². The number of aromatic nitrogens is 3. The highest BCUT2D eigenvalue weighted by molar-refractivity contribution is 5.07. The summed E-state index contributed by atoms with van der Waals surface area (Å²) in [4.78, 5) is 6.99. The van der Waals surface area contributed by atoms with Crippen molar-refractivity contribution in [2.45, 2.75) is 56.0 Å². The van der Waals surface area contributed by atoms with Crippen molar-refractivity contribution < 1.29 is 14.9 Å². The zero-order valence-electron chi connectivity index (χ0n) is 13.0. The Morgan fingerprint density at radius 3 is 2.86 bits per heavy atom. The number of rotatable bonds is 3. The van der Waals surface area contributed by atoms with E-state index >= 15 is 0 Å². The van der Waals surface area contributed by atoms with Crippen LogP contribution in [0.3, 0.4) is 0 Å². The number of ether oxygens (including phenoxy) is 1. The van der Waals surface area contributed by atoms with Crippen LogP contribution in [0.25, 0.3) is 0 Å². The molecule has 22 heavy (non-hydrogen) atoms. The average molecular weight is 308 g/mol. The average Bonchev–Trinajstić information content (AvgIpc) is 3.18. The quantitative estimate of drug-likeness (QED) is 0.803. The van der Waals surface area contributed by atoms with Crippen LogP contribution in [-0.4, -0.2) is 67.4 Å². The van der Waals surface area contributed by atoms with Gasteiger partial charge in [0.1, 0.15) is 11.9 Å². The van der Waals surface area contributed by atoms with E-state index in [1.165, 1.54) is 12.8 Å². The van der Waals surface area contributed by atoms with Crippen LogP contribution in [0.2, 0.25) is 0 Å². The van der Waals surface area contributed by atoms with E-state index in [0.717, 1.165) is 37.7 Å². The largest absolute Gasteiger partial charge is 0.390 e. The molecule has 1 saturated carbocycles. The Bertz CT molecular complexity index is 559.